The van der Waals surface area contributed by atoms with Crippen molar-refractivity contribution in [2.45, 2.75) is 11.3 Å². The number of halogens is 2. The van der Waals surface area contributed by atoms with Gasteiger partial charge in [-0.05, 0) is 42.8 Å². The van der Waals surface area contributed by atoms with Crippen LogP contribution < -0.4 is 13.8 Å². The van der Waals surface area contributed by atoms with Gasteiger partial charge in [0.1, 0.15) is 16.5 Å². The largest absolute Gasteiger partial charge is 0.495 e. The zero-order valence-electron chi connectivity index (χ0n) is 14.1. The molecule has 0 bridgehead atoms. The van der Waals surface area contributed by atoms with E-state index < -0.39 is 25.9 Å². The number of ether oxygens (including phenoxy) is 1. The molecule has 0 saturated carbocycles. The van der Waals surface area contributed by atoms with Crippen molar-refractivity contribution in [3.63, 3.8) is 0 Å². The Balaban J connectivity index is 1.99. The van der Waals surface area contributed by atoms with Crippen molar-refractivity contribution in [3.8, 4) is 5.75 Å². The Morgan fingerprint density at radius 3 is 2.59 bits per heavy atom. The Morgan fingerprint density at radius 1 is 1.22 bits per heavy atom. The average molecular weight is 435 g/mol. The maximum atomic E-state index is 13.5. The second kappa shape index (κ2) is 7.17. The van der Waals surface area contributed by atoms with E-state index in [-0.39, 0.29) is 39.3 Å². The minimum absolute atomic E-state index is 0.000223. The molecule has 0 atom stereocenters. The first-order valence-corrected chi connectivity index (χ1v) is 11.3. The van der Waals surface area contributed by atoms with Gasteiger partial charge in [0.15, 0.2) is 0 Å². The molecule has 0 amide bonds. The third kappa shape index (κ3) is 3.97. The van der Waals surface area contributed by atoms with Gasteiger partial charge >= 0.3 is 0 Å². The molecule has 1 saturated heterocycles. The topological polar surface area (TPSA) is 92.8 Å². The van der Waals surface area contributed by atoms with Crippen molar-refractivity contribution in [2.75, 3.05) is 28.4 Å². The van der Waals surface area contributed by atoms with E-state index >= 15 is 0 Å². The minimum Gasteiger partial charge on any atom is -0.495 e. The van der Waals surface area contributed by atoms with Crippen LogP contribution in [0.4, 0.5) is 15.8 Å². The first-order chi connectivity index (χ1) is 12.6. The van der Waals surface area contributed by atoms with E-state index in [0.29, 0.717) is 6.42 Å². The summed E-state index contributed by atoms with van der Waals surface area (Å²) in [6.45, 7) is 0.260. The van der Waals surface area contributed by atoms with Gasteiger partial charge in [0.05, 0.1) is 29.3 Å². The first kappa shape index (κ1) is 19.7. The SMILES string of the molecule is COc1ccc(F)cc1S(=O)(=O)Nc1ccc(Cl)c(N2CCCS2(=O)=O)c1. The fourth-order valence-electron chi connectivity index (χ4n) is 2.75. The number of rotatable bonds is 5. The van der Waals surface area contributed by atoms with Crippen molar-refractivity contribution in [1.29, 1.82) is 0 Å². The van der Waals surface area contributed by atoms with E-state index in [1.165, 1.54) is 31.4 Å². The molecule has 7 nitrogen and oxygen atoms in total. The maximum absolute atomic E-state index is 13.5. The first-order valence-electron chi connectivity index (χ1n) is 7.80. The lowest BCUT2D eigenvalue weighted by Crippen LogP contribution is -2.25. The lowest BCUT2D eigenvalue weighted by molar-refractivity contribution is 0.401. The summed E-state index contributed by atoms with van der Waals surface area (Å²) in [5, 5.41) is 0.173. The van der Waals surface area contributed by atoms with Crippen molar-refractivity contribution in [2.24, 2.45) is 0 Å². The standard InChI is InChI=1S/C16H16ClFN2O5S2/c1-25-15-6-3-11(18)9-16(15)27(23,24)19-12-4-5-13(17)14(10-12)20-7-2-8-26(20,21)22/h3-6,9-10,19H,2,7-8H2,1H3. The highest BCUT2D eigenvalue weighted by molar-refractivity contribution is 7.93. The smallest absolute Gasteiger partial charge is 0.265 e. The molecular weight excluding hydrogens is 419 g/mol. The van der Waals surface area contributed by atoms with Crippen LogP contribution in [0.5, 0.6) is 5.75 Å². The van der Waals surface area contributed by atoms with Gasteiger partial charge in [0.2, 0.25) is 10.0 Å². The number of hydrogen-bond donors (Lipinski definition) is 1. The molecule has 0 spiro atoms. The van der Waals surface area contributed by atoms with Crippen molar-refractivity contribution in [3.05, 3.63) is 47.2 Å². The maximum Gasteiger partial charge on any atom is 0.265 e. The average Bonchev–Trinajstić information content (AvgIpc) is 2.95. The zero-order valence-corrected chi connectivity index (χ0v) is 16.5. The third-order valence-corrected chi connectivity index (χ3v) is 7.56. The second-order valence-corrected chi connectivity index (χ2v) is 9.88. The summed E-state index contributed by atoms with van der Waals surface area (Å²) >= 11 is 6.11. The number of methoxy groups -OCH3 is 1. The number of hydrogen-bond acceptors (Lipinski definition) is 5. The number of sulfonamides is 2. The van der Waals surface area contributed by atoms with Crippen LogP contribution in [0, 0.1) is 5.82 Å². The molecule has 146 valence electrons. The molecule has 1 N–H and O–H groups in total. The molecule has 0 aliphatic carbocycles. The van der Waals surface area contributed by atoms with Crippen LogP contribution in [0.25, 0.3) is 0 Å². The van der Waals surface area contributed by atoms with Gasteiger partial charge in [-0.1, -0.05) is 11.6 Å². The number of nitrogens with zero attached hydrogens (tertiary/aromatic N) is 1. The predicted octanol–water partition coefficient (Wildman–Crippen LogP) is 2.83. The predicted molar refractivity (Wildman–Crippen MR) is 101 cm³/mol. The molecular formula is C16H16ClFN2O5S2. The van der Waals surface area contributed by atoms with Crippen molar-refractivity contribution < 1.29 is 26.0 Å². The van der Waals surface area contributed by atoms with E-state index in [0.717, 1.165) is 16.4 Å². The van der Waals surface area contributed by atoms with Crippen molar-refractivity contribution in [1.82, 2.24) is 0 Å². The van der Waals surface area contributed by atoms with Gasteiger partial charge in [-0.15, -0.1) is 0 Å². The molecule has 1 aliphatic heterocycles. The van der Waals surface area contributed by atoms with Crippen LogP contribution in [0.2, 0.25) is 5.02 Å². The summed E-state index contributed by atoms with van der Waals surface area (Å²) in [5.41, 5.74) is 0.267. The second-order valence-electron chi connectivity index (χ2n) is 5.81. The van der Waals surface area contributed by atoms with E-state index in [9.17, 15) is 21.2 Å². The normalized spacial score (nSPS) is 16.3. The number of nitrogens with one attached hydrogen (secondary N) is 1. The van der Waals surface area contributed by atoms with Gasteiger partial charge in [0, 0.05) is 6.54 Å². The lowest BCUT2D eigenvalue weighted by Gasteiger charge is -2.19. The molecule has 0 radical (unpaired) electrons. The van der Waals surface area contributed by atoms with Crippen LogP contribution >= 0.6 is 11.6 Å². The van der Waals surface area contributed by atoms with E-state index in [2.05, 4.69) is 4.72 Å². The van der Waals surface area contributed by atoms with Gasteiger partial charge in [-0.3, -0.25) is 9.03 Å². The van der Waals surface area contributed by atoms with Gasteiger partial charge in [0.25, 0.3) is 10.0 Å². The molecule has 3 rings (SSSR count). The van der Waals surface area contributed by atoms with Crippen molar-refractivity contribution >= 4 is 43.0 Å². The summed E-state index contributed by atoms with van der Waals surface area (Å²) in [6.07, 6.45) is 0.453. The summed E-state index contributed by atoms with van der Waals surface area (Å²) in [6, 6.07) is 7.23. The molecule has 27 heavy (non-hydrogen) atoms. The van der Waals surface area contributed by atoms with Crippen LogP contribution in [0.3, 0.4) is 0 Å². The quantitative estimate of drug-likeness (QED) is 0.781. The van der Waals surface area contributed by atoms with Gasteiger partial charge < -0.3 is 4.74 Å². The van der Waals surface area contributed by atoms with Crippen LogP contribution in [0.1, 0.15) is 6.42 Å². The Labute approximate surface area is 161 Å². The lowest BCUT2D eigenvalue weighted by atomic mass is 10.3. The number of anilines is 2. The molecule has 11 heteroatoms. The van der Waals surface area contributed by atoms with Crippen LogP contribution in [-0.4, -0.2) is 36.2 Å². The molecule has 2 aromatic carbocycles. The van der Waals surface area contributed by atoms with Crippen LogP contribution in [-0.2, 0) is 20.0 Å². The Kier molecular flexibility index (Phi) is 5.24. The Morgan fingerprint density at radius 2 is 1.96 bits per heavy atom. The Bertz CT molecular complexity index is 1090. The summed E-state index contributed by atoms with van der Waals surface area (Å²) in [5.74, 6) is -0.768. The summed E-state index contributed by atoms with van der Waals surface area (Å²) in [4.78, 5) is -0.379. The van der Waals surface area contributed by atoms with Gasteiger partial charge in [-0.25, -0.2) is 21.2 Å². The molecule has 1 fully saturated rings. The molecule has 0 unspecified atom stereocenters. The molecule has 1 aliphatic rings. The fraction of sp³-hybridized carbons (Fsp3) is 0.250. The molecule has 1 heterocycles. The Hall–Kier alpha value is -2.04. The van der Waals surface area contributed by atoms with E-state index in [1.807, 2.05) is 0 Å². The van der Waals surface area contributed by atoms with Crippen LogP contribution in [0.15, 0.2) is 41.3 Å². The summed E-state index contributed by atoms with van der Waals surface area (Å²) in [7, 11) is -6.41. The monoisotopic (exact) mass is 434 g/mol. The van der Waals surface area contributed by atoms with E-state index in [4.69, 9.17) is 16.3 Å². The highest BCUT2D eigenvalue weighted by Crippen LogP contribution is 2.34. The highest BCUT2D eigenvalue weighted by atomic mass is 35.5. The highest BCUT2D eigenvalue weighted by Gasteiger charge is 2.30. The fourth-order valence-corrected chi connectivity index (χ4v) is 5.82. The minimum atomic E-state index is -4.19. The summed E-state index contributed by atoms with van der Waals surface area (Å²) < 4.78 is 71.5. The molecule has 2 aromatic rings. The van der Waals surface area contributed by atoms with E-state index in [1.54, 1.807) is 0 Å². The number of benzene rings is 2. The van der Waals surface area contributed by atoms with Gasteiger partial charge in [-0.2, -0.15) is 0 Å². The third-order valence-electron chi connectivity index (χ3n) is 3.98. The zero-order chi connectivity index (χ0) is 19.8. The molecule has 0 aromatic heterocycles.